The van der Waals surface area contributed by atoms with Crippen molar-refractivity contribution in [2.45, 2.75) is 57.4 Å². The lowest BCUT2D eigenvalue weighted by atomic mass is 9.62. The molecule has 286 valence electrons. The summed E-state index contributed by atoms with van der Waals surface area (Å²) in [5.74, 6) is 2.65. The van der Waals surface area contributed by atoms with Crippen molar-refractivity contribution in [1.82, 2.24) is 0 Å². The first-order chi connectivity index (χ1) is 28.7. The van der Waals surface area contributed by atoms with E-state index in [1.54, 1.807) is 6.08 Å². The molecule has 0 aromatic heterocycles. The number of nitrogens with zero attached hydrogens (tertiary/aromatic N) is 1. The van der Waals surface area contributed by atoms with Gasteiger partial charge in [-0.05, 0) is 117 Å². The van der Waals surface area contributed by atoms with E-state index in [9.17, 15) is 0 Å². The van der Waals surface area contributed by atoms with E-state index in [0.717, 1.165) is 12.8 Å². The third-order valence-corrected chi connectivity index (χ3v) is 13.9. The van der Waals surface area contributed by atoms with Gasteiger partial charge in [0, 0.05) is 22.2 Å². The lowest BCUT2D eigenvalue weighted by molar-refractivity contribution is 0.500. The smallest absolute Gasteiger partial charge is 0.0674 e. The molecule has 0 fully saturated rings. The second kappa shape index (κ2) is 14.0. The van der Waals surface area contributed by atoms with E-state index in [2.05, 4.69) is 214 Å². The molecule has 0 aliphatic heterocycles. The Balaban J connectivity index is 1.16. The minimum Gasteiger partial charge on any atom is -0.334 e. The van der Waals surface area contributed by atoms with Gasteiger partial charge in [0.15, 0.2) is 0 Å². The van der Waals surface area contributed by atoms with Crippen LogP contribution >= 0.6 is 0 Å². The highest BCUT2D eigenvalue weighted by Crippen LogP contribution is 2.61. The van der Waals surface area contributed by atoms with Crippen molar-refractivity contribution in [3.05, 3.63) is 238 Å². The number of benzene rings is 6. The zero-order chi connectivity index (χ0) is 40.4. The summed E-state index contributed by atoms with van der Waals surface area (Å²) >= 11 is 0. The van der Waals surface area contributed by atoms with Crippen LogP contribution in [0.4, 0.5) is 11.4 Å². The molecular weight excluding hydrogens is 711 g/mol. The van der Waals surface area contributed by atoms with Crippen LogP contribution in [-0.2, 0) is 10.8 Å². The van der Waals surface area contributed by atoms with Crippen LogP contribution in [0, 0.1) is 17.8 Å². The predicted octanol–water partition coefficient (Wildman–Crippen LogP) is 14.3. The molecule has 1 heteroatoms. The van der Waals surface area contributed by atoms with Crippen LogP contribution in [0.15, 0.2) is 216 Å². The summed E-state index contributed by atoms with van der Waals surface area (Å²) in [6, 6.07) is 54.5. The second-order valence-electron chi connectivity index (χ2n) is 17.5. The third-order valence-electron chi connectivity index (χ3n) is 13.9. The summed E-state index contributed by atoms with van der Waals surface area (Å²) in [6.45, 7) is 9.38. The molecule has 2 unspecified atom stereocenters. The van der Waals surface area contributed by atoms with Crippen molar-refractivity contribution in [3.63, 3.8) is 0 Å². The van der Waals surface area contributed by atoms with Crippen LogP contribution in [0.1, 0.15) is 62.8 Å². The molecule has 0 saturated heterocycles. The molecule has 0 amide bonds. The van der Waals surface area contributed by atoms with E-state index in [-0.39, 0.29) is 16.9 Å². The summed E-state index contributed by atoms with van der Waals surface area (Å²) in [4.78, 5) is 2.62. The minimum atomic E-state index is -0.453. The SMILES string of the molecule is C#C/C=C\C=C(/C)C1(C)C=CC2=C(C1)C1=C(CC(N(c3ccc4c(c3)C(C)(C)c3ccccc3-4)c3ccc4ccccc4c3)C=C1)C2(c1ccccc1)c1ccccc1. The van der Waals surface area contributed by atoms with Crippen molar-refractivity contribution in [3.8, 4) is 23.5 Å². The molecule has 0 bridgehead atoms. The van der Waals surface area contributed by atoms with Gasteiger partial charge in [-0.15, -0.1) is 6.42 Å². The maximum absolute atomic E-state index is 5.59. The summed E-state index contributed by atoms with van der Waals surface area (Å²) in [7, 11) is 0. The van der Waals surface area contributed by atoms with Crippen molar-refractivity contribution in [2.24, 2.45) is 5.41 Å². The average Bonchev–Trinajstić information content (AvgIpc) is 3.68. The maximum Gasteiger partial charge on any atom is 0.0674 e. The maximum atomic E-state index is 5.59. The van der Waals surface area contributed by atoms with Gasteiger partial charge in [-0.3, -0.25) is 0 Å². The van der Waals surface area contributed by atoms with Gasteiger partial charge in [-0.1, -0.05) is 190 Å². The molecule has 4 aliphatic rings. The Morgan fingerprint density at radius 1 is 0.695 bits per heavy atom. The van der Waals surface area contributed by atoms with E-state index >= 15 is 0 Å². The highest BCUT2D eigenvalue weighted by Gasteiger charge is 2.51. The number of fused-ring (bicyclic) bond motifs is 5. The lowest BCUT2D eigenvalue weighted by Crippen LogP contribution is -2.37. The largest absolute Gasteiger partial charge is 0.334 e. The number of anilines is 2. The van der Waals surface area contributed by atoms with Crippen molar-refractivity contribution < 1.29 is 0 Å². The Kier molecular flexibility index (Phi) is 8.73. The average molecular weight is 760 g/mol. The Bertz CT molecular complexity index is 2850. The monoisotopic (exact) mass is 759 g/mol. The van der Waals surface area contributed by atoms with E-state index < -0.39 is 5.41 Å². The molecule has 1 nitrogen and oxygen atoms in total. The normalized spacial score (nSPS) is 21.0. The standard InChI is InChI=1S/C58H49N/c1-6-7-10-19-40(2)57(5)35-34-53-51(39-57)50-33-31-47(38-55(50)58(53,43-22-11-8-12-23-43)44-24-13-9-14-25-44)59(45-29-28-41-20-15-16-21-42(41)36-45)46-30-32-49-48-26-17-18-27-52(48)56(3,4)54(49)37-46/h1,7-37,47H,38-39H2,2-5H3/b10-7-,40-19+. The molecule has 0 heterocycles. The highest BCUT2D eigenvalue weighted by atomic mass is 15.2. The van der Waals surface area contributed by atoms with Gasteiger partial charge in [0.2, 0.25) is 0 Å². The Morgan fingerprint density at radius 3 is 2.08 bits per heavy atom. The first kappa shape index (κ1) is 36.7. The van der Waals surface area contributed by atoms with E-state index in [0.29, 0.717) is 0 Å². The summed E-state index contributed by atoms with van der Waals surface area (Å²) in [5.41, 5.74) is 16.8. The summed E-state index contributed by atoms with van der Waals surface area (Å²) < 4.78 is 0. The molecule has 6 aromatic carbocycles. The second-order valence-corrected chi connectivity index (χ2v) is 17.5. The molecule has 0 spiro atoms. The molecular formula is C58H49N. The van der Waals surface area contributed by atoms with Gasteiger partial charge in [-0.2, -0.15) is 0 Å². The lowest BCUT2D eigenvalue weighted by Gasteiger charge is -2.42. The van der Waals surface area contributed by atoms with Gasteiger partial charge >= 0.3 is 0 Å². The Labute approximate surface area is 350 Å². The van der Waals surface area contributed by atoms with Crippen LogP contribution in [-0.4, -0.2) is 6.04 Å². The zero-order valence-corrected chi connectivity index (χ0v) is 34.4. The topological polar surface area (TPSA) is 3.24 Å². The molecule has 10 rings (SSSR count). The van der Waals surface area contributed by atoms with Gasteiger partial charge in [-0.25, -0.2) is 0 Å². The fourth-order valence-electron chi connectivity index (χ4n) is 10.8. The Hall–Kier alpha value is -6.62. The van der Waals surface area contributed by atoms with Crippen LogP contribution in [0.3, 0.4) is 0 Å². The number of rotatable bonds is 7. The quantitative estimate of drug-likeness (QED) is 0.116. The van der Waals surface area contributed by atoms with E-state index in [1.807, 2.05) is 6.08 Å². The molecule has 0 saturated carbocycles. The molecule has 0 N–H and O–H groups in total. The van der Waals surface area contributed by atoms with E-state index in [4.69, 9.17) is 6.42 Å². The van der Waals surface area contributed by atoms with Gasteiger partial charge in [0.05, 0.1) is 11.5 Å². The first-order valence-corrected chi connectivity index (χ1v) is 21.0. The van der Waals surface area contributed by atoms with Gasteiger partial charge < -0.3 is 4.90 Å². The molecule has 0 radical (unpaired) electrons. The van der Waals surface area contributed by atoms with Crippen molar-refractivity contribution in [1.29, 1.82) is 0 Å². The number of allylic oxidation sites excluding steroid dienone is 10. The van der Waals surface area contributed by atoms with E-state index in [1.165, 1.54) is 83.4 Å². The Morgan fingerprint density at radius 2 is 1.34 bits per heavy atom. The first-order valence-electron chi connectivity index (χ1n) is 21.0. The number of hydrogen-bond acceptors (Lipinski definition) is 1. The van der Waals surface area contributed by atoms with Crippen LogP contribution in [0.2, 0.25) is 0 Å². The predicted molar refractivity (Wildman–Crippen MR) is 249 cm³/mol. The van der Waals surface area contributed by atoms with Crippen LogP contribution < -0.4 is 4.90 Å². The summed E-state index contributed by atoms with van der Waals surface area (Å²) in [5, 5.41) is 2.49. The number of terminal acetylenes is 1. The highest BCUT2D eigenvalue weighted by molar-refractivity contribution is 5.89. The van der Waals surface area contributed by atoms with Gasteiger partial charge in [0.25, 0.3) is 0 Å². The fraction of sp³-hybridized carbons (Fsp3) is 0.172. The summed E-state index contributed by atoms with van der Waals surface area (Å²) in [6.07, 6.45) is 23.2. The molecule has 59 heavy (non-hydrogen) atoms. The van der Waals surface area contributed by atoms with Crippen molar-refractivity contribution >= 4 is 22.1 Å². The third kappa shape index (κ3) is 5.69. The van der Waals surface area contributed by atoms with Crippen LogP contribution in [0.25, 0.3) is 21.9 Å². The van der Waals surface area contributed by atoms with Gasteiger partial charge in [0.1, 0.15) is 0 Å². The zero-order valence-electron chi connectivity index (χ0n) is 34.4. The van der Waals surface area contributed by atoms with Crippen LogP contribution in [0.5, 0.6) is 0 Å². The number of hydrogen-bond donors (Lipinski definition) is 0. The fourth-order valence-corrected chi connectivity index (χ4v) is 10.8. The molecule has 6 aromatic rings. The van der Waals surface area contributed by atoms with Crippen molar-refractivity contribution in [2.75, 3.05) is 4.90 Å². The minimum absolute atomic E-state index is 0.0545. The molecule has 4 aliphatic carbocycles. The molecule has 2 atom stereocenters.